The molecular weight excluding hydrogens is 348 g/mol. The Morgan fingerprint density at radius 3 is 2.08 bits per heavy atom. The molecule has 0 atom stereocenters. The standard InChI is InChI=1S/C23H42OSi2/c1-9-10-11-12-13-14-19-25(5,6)22-17-15-21(16-18-22)20-24-26(7,8)23(2,3)4/h14-19H,9-13,20H2,1-8H3/b19-14+. The van der Waals surface area contributed by atoms with Crippen LogP contribution in [0.1, 0.15) is 65.4 Å². The van der Waals surface area contributed by atoms with Crippen molar-refractivity contribution >= 4 is 21.6 Å². The summed E-state index contributed by atoms with van der Waals surface area (Å²) in [6.07, 6.45) is 9.04. The Bertz CT molecular complexity index is 551. The van der Waals surface area contributed by atoms with Crippen molar-refractivity contribution in [3.8, 4) is 0 Å². The van der Waals surface area contributed by atoms with Gasteiger partial charge in [-0.05, 0) is 36.5 Å². The second-order valence-corrected chi connectivity index (χ2v) is 18.9. The Balaban J connectivity index is 2.61. The molecule has 3 heteroatoms. The molecule has 0 aliphatic heterocycles. The van der Waals surface area contributed by atoms with Crippen LogP contribution in [0.3, 0.4) is 0 Å². The average molecular weight is 391 g/mol. The highest BCUT2D eigenvalue weighted by atomic mass is 28.4. The summed E-state index contributed by atoms with van der Waals surface area (Å²) in [6.45, 7) is 19.4. The van der Waals surface area contributed by atoms with E-state index in [9.17, 15) is 0 Å². The molecule has 0 saturated carbocycles. The van der Waals surface area contributed by atoms with E-state index in [0.717, 1.165) is 6.61 Å². The maximum atomic E-state index is 6.35. The molecule has 0 spiro atoms. The highest BCUT2D eigenvalue weighted by Gasteiger charge is 2.37. The third-order valence-corrected chi connectivity index (χ3v) is 13.2. The minimum Gasteiger partial charge on any atom is -0.413 e. The Hall–Kier alpha value is -0.646. The zero-order chi connectivity index (χ0) is 19.8. The molecule has 0 heterocycles. The molecule has 0 amide bonds. The molecule has 0 bridgehead atoms. The van der Waals surface area contributed by atoms with E-state index >= 15 is 0 Å². The second-order valence-electron chi connectivity index (χ2n) is 9.72. The minimum atomic E-state index is -1.67. The molecule has 1 nitrogen and oxygen atoms in total. The van der Waals surface area contributed by atoms with Gasteiger partial charge in [-0.3, -0.25) is 0 Å². The van der Waals surface area contributed by atoms with Crippen molar-refractivity contribution < 1.29 is 4.43 Å². The average Bonchev–Trinajstić information content (AvgIpc) is 2.55. The normalized spacial score (nSPS) is 13.5. The molecule has 0 unspecified atom stereocenters. The predicted molar refractivity (Wildman–Crippen MR) is 123 cm³/mol. The first-order chi connectivity index (χ1) is 12.0. The lowest BCUT2D eigenvalue weighted by atomic mass is 10.2. The van der Waals surface area contributed by atoms with E-state index in [1.54, 1.807) is 0 Å². The Morgan fingerprint density at radius 2 is 1.54 bits per heavy atom. The Kier molecular flexibility index (Phi) is 9.04. The first kappa shape index (κ1) is 23.4. The molecule has 1 aromatic carbocycles. The van der Waals surface area contributed by atoms with Gasteiger partial charge in [0.2, 0.25) is 0 Å². The van der Waals surface area contributed by atoms with Crippen molar-refractivity contribution in [1.82, 2.24) is 0 Å². The molecule has 0 radical (unpaired) electrons. The summed E-state index contributed by atoms with van der Waals surface area (Å²) in [6, 6.07) is 9.20. The molecule has 0 fully saturated rings. The quantitative estimate of drug-likeness (QED) is 0.303. The molecule has 1 aromatic rings. The van der Waals surface area contributed by atoms with Crippen LogP contribution in [0.2, 0.25) is 31.2 Å². The summed E-state index contributed by atoms with van der Waals surface area (Å²) < 4.78 is 6.35. The number of hydrogen-bond donors (Lipinski definition) is 0. The smallest absolute Gasteiger partial charge is 0.192 e. The van der Waals surface area contributed by atoms with Crippen LogP contribution in [0.15, 0.2) is 36.0 Å². The van der Waals surface area contributed by atoms with Gasteiger partial charge in [0.1, 0.15) is 8.07 Å². The zero-order valence-electron chi connectivity index (χ0n) is 18.6. The van der Waals surface area contributed by atoms with Crippen LogP contribution in [-0.2, 0) is 11.0 Å². The van der Waals surface area contributed by atoms with Crippen molar-refractivity contribution in [2.75, 3.05) is 0 Å². The first-order valence-corrected chi connectivity index (χ1v) is 16.4. The summed E-state index contributed by atoms with van der Waals surface area (Å²) in [5, 5.41) is 1.78. The van der Waals surface area contributed by atoms with Gasteiger partial charge in [0.25, 0.3) is 0 Å². The van der Waals surface area contributed by atoms with Crippen LogP contribution < -0.4 is 5.19 Å². The largest absolute Gasteiger partial charge is 0.413 e. The van der Waals surface area contributed by atoms with Gasteiger partial charge in [0.15, 0.2) is 8.32 Å². The van der Waals surface area contributed by atoms with E-state index in [1.807, 2.05) is 0 Å². The van der Waals surface area contributed by atoms with Gasteiger partial charge in [-0.2, -0.15) is 0 Å². The van der Waals surface area contributed by atoms with Crippen LogP contribution in [0.4, 0.5) is 0 Å². The van der Waals surface area contributed by atoms with Gasteiger partial charge < -0.3 is 4.43 Å². The lowest BCUT2D eigenvalue weighted by molar-refractivity contribution is 0.276. The van der Waals surface area contributed by atoms with Crippen molar-refractivity contribution in [3.05, 3.63) is 41.6 Å². The van der Waals surface area contributed by atoms with Crippen LogP contribution in [0.25, 0.3) is 0 Å². The number of unbranched alkanes of at least 4 members (excludes halogenated alkanes) is 4. The zero-order valence-corrected chi connectivity index (χ0v) is 20.6. The van der Waals surface area contributed by atoms with E-state index in [0.29, 0.717) is 0 Å². The van der Waals surface area contributed by atoms with E-state index in [-0.39, 0.29) is 5.04 Å². The van der Waals surface area contributed by atoms with E-state index in [1.165, 1.54) is 42.9 Å². The van der Waals surface area contributed by atoms with E-state index in [4.69, 9.17) is 4.43 Å². The number of rotatable bonds is 10. The highest BCUT2D eigenvalue weighted by molar-refractivity contribution is 6.93. The maximum absolute atomic E-state index is 6.35. The van der Waals surface area contributed by atoms with Gasteiger partial charge in [-0.1, -0.05) is 101 Å². The molecule has 0 aromatic heterocycles. The summed E-state index contributed by atoms with van der Waals surface area (Å²) in [5.74, 6) is 0. The van der Waals surface area contributed by atoms with Crippen LogP contribution >= 0.6 is 0 Å². The summed E-state index contributed by atoms with van der Waals surface area (Å²) in [7, 11) is -3.15. The highest BCUT2D eigenvalue weighted by Crippen LogP contribution is 2.37. The van der Waals surface area contributed by atoms with Crippen LogP contribution in [0.5, 0.6) is 0 Å². The molecule has 1 rings (SSSR count). The molecule has 0 aliphatic rings. The fraction of sp³-hybridized carbons (Fsp3) is 0.652. The van der Waals surface area contributed by atoms with E-state index < -0.39 is 16.4 Å². The summed E-state index contributed by atoms with van der Waals surface area (Å²) in [4.78, 5) is 0. The second kappa shape index (κ2) is 10.1. The van der Waals surface area contributed by atoms with Crippen molar-refractivity contribution in [2.24, 2.45) is 0 Å². The van der Waals surface area contributed by atoms with Gasteiger partial charge >= 0.3 is 0 Å². The van der Waals surface area contributed by atoms with Gasteiger partial charge in [-0.15, -0.1) is 0 Å². The monoisotopic (exact) mass is 390 g/mol. The summed E-state index contributed by atoms with van der Waals surface area (Å²) in [5.41, 5.74) is 3.81. The van der Waals surface area contributed by atoms with Crippen molar-refractivity contribution in [3.63, 3.8) is 0 Å². The van der Waals surface area contributed by atoms with Gasteiger partial charge in [-0.25, -0.2) is 0 Å². The lowest BCUT2D eigenvalue weighted by Crippen LogP contribution is -2.41. The Morgan fingerprint density at radius 1 is 0.923 bits per heavy atom. The first-order valence-electron chi connectivity index (χ1n) is 10.4. The SMILES string of the molecule is CCCCCC/C=C/[Si](C)(C)c1ccc(CO[Si](C)(C)C(C)(C)C)cc1. The van der Waals surface area contributed by atoms with Crippen molar-refractivity contribution in [2.45, 2.75) is 97.6 Å². The predicted octanol–water partition coefficient (Wildman–Crippen LogP) is 7.19. The Labute approximate surface area is 165 Å². The van der Waals surface area contributed by atoms with Gasteiger partial charge in [0.05, 0.1) is 6.61 Å². The molecule has 0 aliphatic carbocycles. The van der Waals surface area contributed by atoms with Gasteiger partial charge in [0, 0.05) is 0 Å². The van der Waals surface area contributed by atoms with Crippen LogP contribution in [-0.4, -0.2) is 16.4 Å². The maximum Gasteiger partial charge on any atom is 0.192 e. The number of benzene rings is 1. The topological polar surface area (TPSA) is 9.23 Å². The third kappa shape index (κ3) is 7.54. The number of allylic oxidation sites excluding steroid dienone is 1. The fourth-order valence-electron chi connectivity index (χ4n) is 2.67. The van der Waals surface area contributed by atoms with Crippen LogP contribution in [0, 0.1) is 0 Å². The molecule has 148 valence electrons. The molecule has 26 heavy (non-hydrogen) atoms. The van der Waals surface area contributed by atoms with E-state index in [2.05, 4.69) is 89.9 Å². The fourth-order valence-corrected chi connectivity index (χ4v) is 5.61. The molecule has 0 N–H and O–H groups in total. The minimum absolute atomic E-state index is 0.268. The molecule has 0 saturated heterocycles. The van der Waals surface area contributed by atoms with Crippen molar-refractivity contribution in [1.29, 1.82) is 0 Å². The molecular formula is C23H42OSi2. The third-order valence-electron chi connectivity index (χ3n) is 5.86. The number of hydrogen-bond acceptors (Lipinski definition) is 1. The lowest BCUT2D eigenvalue weighted by Gasteiger charge is -2.36. The summed E-state index contributed by atoms with van der Waals surface area (Å²) >= 11 is 0.